The van der Waals surface area contributed by atoms with Gasteiger partial charge in [0, 0.05) is 6.42 Å². The van der Waals surface area contributed by atoms with Crippen LogP contribution in [0.1, 0.15) is 5.56 Å². The van der Waals surface area contributed by atoms with E-state index in [2.05, 4.69) is 4.74 Å². The molecule has 2 atom stereocenters. The molecule has 0 bridgehead atoms. The maximum Gasteiger partial charge on any atom is 0.326 e. The lowest BCUT2D eigenvalue weighted by atomic mass is 10.1. The second-order valence-corrected chi connectivity index (χ2v) is 3.52. The molecule has 0 fully saturated rings. The Morgan fingerprint density at radius 3 is 3.00 bits per heavy atom. The van der Waals surface area contributed by atoms with Gasteiger partial charge in [-0.2, -0.15) is 0 Å². The van der Waals surface area contributed by atoms with Gasteiger partial charge in [0.2, 0.25) is 0 Å². The molecule has 4 nitrogen and oxygen atoms in total. The SMILES string of the molecule is COC(=O)[C@H](N)[C@H]1Cc2ccccc2O1. The molecule has 4 heteroatoms. The summed E-state index contributed by atoms with van der Waals surface area (Å²) in [4.78, 5) is 11.2. The van der Waals surface area contributed by atoms with Crippen LogP contribution in [0.3, 0.4) is 0 Å². The standard InChI is InChI=1S/C11H13NO3/c1-14-11(13)10(12)9-6-7-4-2-3-5-8(7)15-9/h2-5,9-10H,6,12H2,1H3/t9-,10-/m1/s1. The fourth-order valence-electron chi connectivity index (χ4n) is 1.70. The fourth-order valence-corrected chi connectivity index (χ4v) is 1.70. The van der Waals surface area contributed by atoms with E-state index in [4.69, 9.17) is 10.5 Å². The number of carbonyl (C=O) groups excluding carboxylic acids is 1. The van der Waals surface area contributed by atoms with Crippen molar-refractivity contribution in [2.45, 2.75) is 18.6 Å². The number of nitrogens with two attached hydrogens (primary N) is 1. The second-order valence-electron chi connectivity index (χ2n) is 3.52. The molecule has 1 aliphatic rings. The van der Waals surface area contributed by atoms with Gasteiger partial charge in [-0.25, -0.2) is 0 Å². The van der Waals surface area contributed by atoms with Crippen LogP contribution in [-0.4, -0.2) is 25.2 Å². The van der Waals surface area contributed by atoms with E-state index in [1.807, 2.05) is 24.3 Å². The summed E-state index contributed by atoms with van der Waals surface area (Å²) in [6.45, 7) is 0. The summed E-state index contributed by atoms with van der Waals surface area (Å²) < 4.78 is 10.1. The fraction of sp³-hybridized carbons (Fsp3) is 0.364. The molecule has 0 aromatic heterocycles. The summed E-state index contributed by atoms with van der Waals surface area (Å²) >= 11 is 0. The highest BCUT2D eigenvalue weighted by atomic mass is 16.5. The molecule has 0 amide bonds. The van der Waals surface area contributed by atoms with E-state index in [0.29, 0.717) is 6.42 Å². The molecule has 1 aliphatic heterocycles. The molecule has 15 heavy (non-hydrogen) atoms. The number of hydrogen-bond acceptors (Lipinski definition) is 4. The zero-order valence-corrected chi connectivity index (χ0v) is 8.47. The largest absolute Gasteiger partial charge is 0.488 e. The lowest BCUT2D eigenvalue weighted by Gasteiger charge is -2.16. The smallest absolute Gasteiger partial charge is 0.326 e. The van der Waals surface area contributed by atoms with Crippen LogP contribution < -0.4 is 10.5 Å². The molecular formula is C11H13NO3. The number of hydrogen-bond donors (Lipinski definition) is 1. The number of para-hydroxylation sites is 1. The van der Waals surface area contributed by atoms with Crippen LogP contribution in [0.25, 0.3) is 0 Å². The van der Waals surface area contributed by atoms with E-state index >= 15 is 0 Å². The molecule has 0 saturated carbocycles. The maximum atomic E-state index is 11.2. The molecule has 0 spiro atoms. The molecule has 0 unspecified atom stereocenters. The van der Waals surface area contributed by atoms with Crippen LogP contribution in [0, 0.1) is 0 Å². The third kappa shape index (κ3) is 1.80. The average Bonchev–Trinajstić information content (AvgIpc) is 2.70. The first-order valence-corrected chi connectivity index (χ1v) is 4.80. The Kier molecular flexibility index (Phi) is 2.60. The van der Waals surface area contributed by atoms with Crippen molar-refractivity contribution < 1.29 is 14.3 Å². The molecule has 1 aromatic carbocycles. The summed E-state index contributed by atoms with van der Waals surface area (Å²) in [5.74, 6) is 0.370. The summed E-state index contributed by atoms with van der Waals surface area (Å²) in [5, 5.41) is 0. The number of rotatable bonds is 2. The van der Waals surface area contributed by atoms with E-state index in [9.17, 15) is 4.79 Å². The number of benzene rings is 1. The van der Waals surface area contributed by atoms with Gasteiger partial charge in [-0.05, 0) is 11.6 Å². The highest BCUT2D eigenvalue weighted by molar-refractivity contribution is 5.76. The predicted octanol–water partition coefficient (Wildman–Crippen LogP) is 0.490. The Morgan fingerprint density at radius 1 is 1.60 bits per heavy atom. The van der Waals surface area contributed by atoms with Gasteiger partial charge in [0.15, 0.2) is 0 Å². The van der Waals surface area contributed by atoms with Crippen molar-refractivity contribution in [3.63, 3.8) is 0 Å². The number of methoxy groups -OCH3 is 1. The van der Waals surface area contributed by atoms with Crippen LogP contribution in [0.5, 0.6) is 5.75 Å². The Morgan fingerprint density at radius 2 is 2.33 bits per heavy atom. The van der Waals surface area contributed by atoms with Crippen LogP contribution >= 0.6 is 0 Å². The summed E-state index contributed by atoms with van der Waals surface area (Å²) in [5.41, 5.74) is 6.80. The first-order chi connectivity index (χ1) is 7.22. The van der Waals surface area contributed by atoms with Gasteiger partial charge in [0.25, 0.3) is 0 Å². The lowest BCUT2D eigenvalue weighted by molar-refractivity contribution is -0.144. The lowest BCUT2D eigenvalue weighted by Crippen LogP contribution is -2.45. The highest BCUT2D eigenvalue weighted by Gasteiger charge is 2.32. The summed E-state index contributed by atoms with van der Waals surface area (Å²) in [6.07, 6.45) is 0.349. The molecular weight excluding hydrogens is 194 g/mol. The Bertz CT molecular complexity index is 353. The van der Waals surface area contributed by atoms with E-state index < -0.39 is 12.0 Å². The van der Waals surface area contributed by atoms with Crippen molar-refractivity contribution in [1.82, 2.24) is 0 Å². The van der Waals surface area contributed by atoms with Gasteiger partial charge in [-0.1, -0.05) is 18.2 Å². The third-order valence-electron chi connectivity index (χ3n) is 2.55. The predicted molar refractivity (Wildman–Crippen MR) is 54.6 cm³/mol. The highest BCUT2D eigenvalue weighted by Crippen LogP contribution is 2.29. The molecule has 2 N–H and O–H groups in total. The molecule has 1 heterocycles. The van der Waals surface area contributed by atoms with Gasteiger partial charge in [-0.15, -0.1) is 0 Å². The van der Waals surface area contributed by atoms with Crippen molar-refractivity contribution in [3.8, 4) is 5.75 Å². The number of ether oxygens (including phenoxy) is 2. The van der Waals surface area contributed by atoms with Crippen LogP contribution in [0.15, 0.2) is 24.3 Å². The second kappa shape index (κ2) is 3.90. The molecule has 0 radical (unpaired) electrons. The minimum atomic E-state index is -0.720. The zero-order valence-electron chi connectivity index (χ0n) is 8.47. The van der Waals surface area contributed by atoms with Gasteiger partial charge in [0.1, 0.15) is 17.9 Å². The molecule has 80 valence electrons. The van der Waals surface area contributed by atoms with Crippen molar-refractivity contribution in [1.29, 1.82) is 0 Å². The van der Waals surface area contributed by atoms with E-state index in [1.54, 1.807) is 0 Å². The minimum Gasteiger partial charge on any atom is -0.488 e. The monoisotopic (exact) mass is 207 g/mol. The maximum absolute atomic E-state index is 11.2. The van der Waals surface area contributed by atoms with E-state index in [1.165, 1.54) is 7.11 Å². The number of esters is 1. The summed E-state index contributed by atoms with van der Waals surface area (Å²) in [6, 6.07) is 6.96. The third-order valence-corrected chi connectivity index (χ3v) is 2.55. The number of fused-ring (bicyclic) bond motifs is 1. The average molecular weight is 207 g/mol. The van der Waals surface area contributed by atoms with Crippen molar-refractivity contribution >= 4 is 5.97 Å². The molecule has 0 aliphatic carbocycles. The quantitative estimate of drug-likeness (QED) is 0.717. The van der Waals surface area contributed by atoms with E-state index in [0.717, 1.165) is 11.3 Å². The van der Waals surface area contributed by atoms with Gasteiger partial charge in [-0.3, -0.25) is 4.79 Å². The Labute approximate surface area is 88.0 Å². The van der Waals surface area contributed by atoms with Gasteiger partial charge in [0.05, 0.1) is 7.11 Å². The van der Waals surface area contributed by atoms with Crippen LogP contribution in [0.4, 0.5) is 0 Å². The Balaban J connectivity index is 2.10. The van der Waals surface area contributed by atoms with Gasteiger partial charge < -0.3 is 15.2 Å². The van der Waals surface area contributed by atoms with Crippen LogP contribution in [-0.2, 0) is 16.0 Å². The molecule has 0 saturated heterocycles. The topological polar surface area (TPSA) is 61.5 Å². The zero-order chi connectivity index (χ0) is 10.8. The normalized spacial score (nSPS) is 20.3. The summed E-state index contributed by atoms with van der Waals surface area (Å²) in [7, 11) is 1.32. The first kappa shape index (κ1) is 9.98. The van der Waals surface area contributed by atoms with Crippen LogP contribution in [0.2, 0.25) is 0 Å². The van der Waals surface area contributed by atoms with Gasteiger partial charge >= 0.3 is 5.97 Å². The molecule has 2 rings (SSSR count). The van der Waals surface area contributed by atoms with E-state index in [-0.39, 0.29) is 6.10 Å². The first-order valence-electron chi connectivity index (χ1n) is 4.80. The van der Waals surface area contributed by atoms with Crippen molar-refractivity contribution in [3.05, 3.63) is 29.8 Å². The molecule has 1 aromatic rings. The number of carbonyl (C=O) groups is 1. The van der Waals surface area contributed by atoms with Crippen molar-refractivity contribution in [2.24, 2.45) is 5.73 Å². The van der Waals surface area contributed by atoms with Crippen molar-refractivity contribution in [2.75, 3.05) is 7.11 Å². The Hall–Kier alpha value is -1.55. The minimum absolute atomic E-state index is 0.310.